The van der Waals surface area contributed by atoms with Crippen molar-refractivity contribution in [2.75, 3.05) is 7.11 Å². The van der Waals surface area contributed by atoms with E-state index < -0.39 is 17.5 Å². The first-order chi connectivity index (χ1) is 11.3. The van der Waals surface area contributed by atoms with E-state index in [1.165, 1.54) is 14.0 Å². The van der Waals surface area contributed by atoms with Gasteiger partial charge in [-0.25, -0.2) is 4.79 Å². The van der Waals surface area contributed by atoms with Crippen molar-refractivity contribution >= 4 is 17.7 Å². The molecule has 0 aromatic heterocycles. The fourth-order valence-corrected chi connectivity index (χ4v) is 2.64. The molecule has 1 atom stereocenters. The Morgan fingerprint density at radius 3 is 2.62 bits per heavy atom. The molecule has 24 heavy (non-hydrogen) atoms. The van der Waals surface area contributed by atoms with Crippen molar-refractivity contribution in [1.82, 2.24) is 10.6 Å². The Morgan fingerprint density at radius 2 is 2.12 bits per heavy atom. The van der Waals surface area contributed by atoms with Crippen molar-refractivity contribution in [3.05, 3.63) is 41.5 Å². The number of ketones is 1. The first-order valence-electron chi connectivity index (χ1n) is 7.27. The van der Waals surface area contributed by atoms with Crippen molar-refractivity contribution in [3.63, 3.8) is 0 Å². The summed E-state index contributed by atoms with van der Waals surface area (Å²) in [6.45, 7) is 5.41. The number of hydrogen-bond donors (Lipinski definition) is 2. The van der Waals surface area contributed by atoms with Gasteiger partial charge in [-0.2, -0.15) is 0 Å². The third-order valence-corrected chi connectivity index (χ3v) is 3.84. The number of Topliss-reactive ketones (excluding diaryl/α,β-unsaturated/α-hetero) is 1. The monoisotopic (exact) mass is 326 g/mol. The molecule has 1 aromatic rings. The van der Waals surface area contributed by atoms with Gasteiger partial charge in [0.2, 0.25) is 0 Å². The summed E-state index contributed by atoms with van der Waals surface area (Å²) in [7, 11) is 1.52. The van der Waals surface area contributed by atoms with Gasteiger partial charge >= 0.3 is 6.03 Å². The second-order valence-corrected chi connectivity index (χ2v) is 5.64. The SMILES string of the molecule is C#CC1(CC(=C)Cc2ccc(OC)cc2C(C)=O)NC(=O)NC1=O. The minimum absolute atomic E-state index is 0.0877. The normalized spacial score (nSPS) is 19.2. The number of hydrogen-bond acceptors (Lipinski definition) is 4. The second-order valence-electron chi connectivity index (χ2n) is 5.64. The molecule has 1 aliphatic rings. The van der Waals surface area contributed by atoms with Crippen LogP contribution in [0.4, 0.5) is 4.79 Å². The van der Waals surface area contributed by atoms with Crippen LogP contribution >= 0.6 is 0 Å². The molecular formula is C18H18N2O4. The third kappa shape index (κ3) is 3.30. The first kappa shape index (κ1) is 17.3. The summed E-state index contributed by atoms with van der Waals surface area (Å²) in [6, 6.07) is 4.55. The molecule has 6 heteroatoms. The maximum Gasteiger partial charge on any atom is 0.323 e. The Balaban J connectivity index is 2.21. The number of amides is 3. The third-order valence-electron chi connectivity index (χ3n) is 3.84. The van der Waals surface area contributed by atoms with Gasteiger partial charge in [0, 0.05) is 12.0 Å². The van der Waals surface area contributed by atoms with Crippen LogP contribution in [0.2, 0.25) is 0 Å². The minimum Gasteiger partial charge on any atom is -0.497 e. The van der Waals surface area contributed by atoms with E-state index in [1.807, 2.05) is 0 Å². The van der Waals surface area contributed by atoms with Crippen LogP contribution in [0.3, 0.4) is 0 Å². The second kappa shape index (κ2) is 6.59. The lowest BCUT2D eigenvalue weighted by Gasteiger charge is -2.21. The number of nitrogens with one attached hydrogen (secondary N) is 2. The Bertz CT molecular complexity index is 776. The molecule has 0 spiro atoms. The molecule has 124 valence electrons. The zero-order valence-corrected chi connectivity index (χ0v) is 13.6. The number of imide groups is 1. The molecule has 1 heterocycles. The molecular weight excluding hydrogens is 308 g/mol. The van der Waals surface area contributed by atoms with Gasteiger partial charge in [0.15, 0.2) is 11.3 Å². The Labute approximate surface area is 140 Å². The summed E-state index contributed by atoms with van der Waals surface area (Å²) in [4.78, 5) is 35.1. The van der Waals surface area contributed by atoms with Gasteiger partial charge in [0.25, 0.3) is 5.91 Å². The molecule has 1 aromatic carbocycles. The van der Waals surface area contributed by atoms with Gasteiger partial charge in [-0.05, 0) is 31.0 Å². The maximum absolute atomic E-state index is 11.9. The van der Waals surface area contributed by atoms with E-state index in [4.69, 9.17) is 11.2 Å². The van der Waals surface area contributed by atoms with Crippen molar-refractivity contribution in [1.29, 1.82) is 0 Å². The molecule has 6 nitrogen and oxygen atoms in total. The van der Waals surface area contributed by atoms with Crippen molar-refractivity contribution in [2.45, 2.75) is 25.3 Å². The molecule has 1 aliphatic heterocycles. The minimum atomic E-state index is -1.43. The van der Waals surface area contributed by atoms with Gasteiger partial charge in [0.1, 0.15) is 5.75 Å². The largest absolute Gasteiger partial charge is 0.497 e. The maximum atomic E-state index is 11.9. The summed E-state index contributed by atoms with van der Waals surface area (Å²) in [6.07, 6.45) is 5.88. The van der Waals surface area contributed by atoms with E-state index in [-0.39, 0.29) is 12.2 Å². The zero-order valence-electron chi connectivity index (χ0n) is 13.6. The van der Waals surface area contributed by atoms with Crippen LogP contribution in [0.25, 0.3) is 0 Å². The summed E-state index contributed by atoms with van der Waals surface area (Å²) >= 11 is 0. The molecule has 0 bridgehead atoms. The fraction of sp³-hybridized carbons (Fsp3) is 0.278. The van der Waals surface area contributed by atoms with Crippen molar-refractivity contribution in [2.24, 2.45) is 0 Å². The number of ether oxygens (including phenoxy) is 1. The van der Waals surface area contributed by atoms with E-state index in [0.717, 1.165) is 5.56 Å². The highest BCUT2D eigenvalue weighted by Gasteiger charge is 2.45. The number of carbonyl (C=O) groups is 3. The molecule has 2 N–H and O–H groups in total. The highest BCUT2D eigenvalue weighted by atomic mass is 16.5. The van der Waals surface area contributed by atoms with Gasteiger partial charge in [-0.1, -0.05) is 24.1 Å². The van der Waals surface area contributed by atoms with E-state index >= 15 is 0 Å². The fourth-order valence-electron chi connectivity index (χ4n) is 2.64. The van der Waals surface area contributed by atoms with Crippen LogP contribution in [0.5, 0.6) is 5.75 Å². The quantitative estimate of drug-likeness (QED) is 0.360. The zero-order chi connectivity index (χ0) is 17.9. The van der Waals surface area contributed by atoms with Crippen LogP contribution in [0.1, 0.15) is 29.3 Å². The Morgan fingerprint density at radius 1 is 1.42 bits per heavy atom. The predicted octanol–water partition coefficient (Wildman–Crippen LogP) is 1.60. The average Bonchev–Trinajstić information content (AvgIpc) is 2.81. The Hall–Kier alpha value is -3.07. The van der Waals surface area contributed by atoms with Gasteiger partial charge in [-0.3, -0.25) is 14.9 Å². The highest BCUT2D eigenvalue weighted by Crippen LogP contribution is 2.25. The number of benzene rings is 1. The van der Waals surface area contributed by atoms with E-state index in [9.17, 15) is 14.4 Å². The van der Waals surface area contributed by atoms with Gasteiger partial charge < -0.3 is 10.1 Å². The van der Waals surface area contributed by atoms with Crippen molar-refractivity contribution < 1.29 is 19.1 Å². The molecule has 0 aliphatic carbocycles. The molecule has 0 radical (unpaired) electrons. The average molecular weight is 326 g/mol. The first-order valence-corrected chi connectivity index (χ1v) is 7.27. The summed E-state index contributed by atoms with van der Waals surface area (Å²) in [5.74, 6) is 2.25. The van der Waals surface area contributed by atoms with Gasteiger partial charge in [-0.15, -0.1) is 6.42 Å². The van der Waals surface area contributed by atoms with Crippen LogP contribution < -0.4 is 15.4 Å². The number of terminal acetylenes is 1. The standard InChI is InChI=1S/C18H18N2O4/c1-5-18(16(22)19-17(23)20-18)10-11(2)8-13-6-7-14(24-4)9-15(13)12(3)21/h1,6-7,9H,2,8,10H2,3-4H3,(H2,19,20,22,23). The summed E-state index contributed by atoms with van der Waals surface area (Å²) in [5.41, 5.74) is 0.463. The molecule has 0 saturated carbocycles. The lowest BCUT2D eigenvalue weighted by Crippen LogP contribution is -2.45. The number of rotatable bonds is 6. The van der Waals surface area contributed by atoms with Gasteiger partial charge in [0.05, 0.1) is 7.11 Å². The number of methoxy groups -OCH3 is 1. The lowest BCUT2D eigenvalue weighted by atomic mass is 9.88. The smallest absolute Gasteiger partial charge is 0.323 e. The highest BCUT2D eigenvalue weighted by molar-refractivity contribution is 6.09. The predicted molar refractivity (Wildman–Crippen MR) is 88.7 cm³/mol. The van der Waals surface area contributed by atoms with E-state index in [0.29, 0.717) is 23.3 Å². The Kier molecular flexibility index (Phi) is 4.74. The molecule has 1 unspecified atom stereocenters. The van der Waals surface area contributed by atoms with Crippen LogP contribution in [0, 0.1) is 12.3 Å². The molecule has 3 amide bonds. The molecule has 2 rings (SSSR count). The van der Waals surface area contributed by atoms with E-state index in [2.05, 4.69) is 23.1 Å². The lowest BCUT2D eigenvalue weighted by molar-refractivity contribution is -0.122. The number of carbonyl (C=O) groups excluding carboxylic acids is 3. The topological polar surface area (TPSA) is 84.5 Å². The van der Waals surface area contributed by atoms with Crippen LogP contribution in [-0.2, 0) is 11.2 Å². The number of urea groups is 1. The van der Waals surface area contributed by atoms with Crippen molar-refractivity contribution in [3.8, 4) is 18.1 Å². The van der Waals surface area contributed by atoms with Crippen LogP contribution in [0.15, 0.2) is 30.4 Å². The molecule has 1 saturated heterocycles. The summed E-state index contributed by atoms with van der Waals surface area (Å²) < 4.78 is 5.13. The molecule has 1 fully saturated rings. The summed E-state index contributed by atoms with van der Waals surface area (Å²) in [5, 5.41) is 4.58. The van der Waals surface area contributed by atoms with E-state index in [1.54, 1.807) is 18.2 Å². The van der Waals surface area contributed by atoms with Crippen LogP contribution in [-0.4, -0.2) is 30.4 Å².